The first-order valence-corrected chi connectivity index (χ1v) is 7.09. The van der Waals surface area contributed by atoms with Gasteiger partial charge in [-0.05, 0) is 13.0 Å². The third kappa shape index (κ3) is 2.68. The van der Waals surface area contributed by atoms with Crippen LogP contribution in [0.5, 0.6) is 5.75 Å². The Hall–Kier alpha value is -3.09. The van der Waals surface area contributed by atoms with Gasteiger partial charge < -0.3 is 14.6 Å². The summed E-state index contributed by atoms with van der Waals surface area (Å²) < 4.78 is 7.06. The van der Waals surface area contributed by atoms with E-state index in [0.29, 0.717) is 17.4 Å². The lowest BCUT2D eigenvalue weighted by Gasteiger charge is -2.10. The van der Waals surface area contributed by atoms with E-state index in [-0.39, 0.29) is 5.91 Å². The zero-order chi connectivity index (χ0) is 16.4. The first-order chi connectivity index (χ1) is 11.1. The van der Waals surface area contributed by atoms with Gasteiger partial charge in [-0.25, -0.2) is 4.98 Å². The summed E-state index contributed by atoms with van der Waals surface area (Å²) in [6.45, 7) is 1.89. The van der Waals surface area contributed by atoms with Crippen LogP contribution in [0.25, 0.3) is 11.1 Å². The average molecular weight is 311 g/mol. The molecule has 0 bridgehead atoms. The lowest BCUT2D eigenvalue weighted by Crippen LogP contribution is -2.17. The molecule has 0 aliphatic heterocycles. The summed E-state index contributed by atoms with van der Waals surface area (Å²) in [7, 11) is 3.37. The van der Waals surface area contributed by atoms with Crippen LogP contribution in [0.2, 0.25) is 0 Å². The lowest BCUT2D eigenvalue weighted by molar-refractivity contribution is 0.101. The van der Waals surface area contributed by atoms with Gasteiger partial charge in [0, 0.05) is 30.7 Å². The molecule has 0 saturated carbocycles. The maximum Gasteiger partial charge on any atom is 0.292 e. The van der Waals surface area contributed by atoms with Crippen LogP contribution in [-0.2, 0) is 7.05 Å². The van der Waals surface area contributed by atoms with Gasteiger partial charge in [-0.15, -0.1) is 0 Å². The van der Waals surface area contributed by atoms with Crippen LogP contribution in [0.3, 0.4) is 0 Å². The minimum absolute atomic E-state index is 0.316. The molecule has 1 amide bonds. The van der Waals surface area contributed by atoms with Gasteiger partial charge >= 0.3 is 0 Å². The molecule has 1 aromatic carbocycles. The van der Waals surface area contributed by atoms with Crippen molar-refractivity contribution in [2.24, 2.45) is 7.05 Å². The molecule has 0 fully saturated rings. The van der Waals surface area contributed by atoms with Crippen molar-refractivity contribution in [2.45, 2.75) is 6.92 Å². The zero-order valence-corrected chi connectivity index (χ0v) is 13.1. The number of nitrogens with zero attached hydrogens (tertiary/aromatic N) is 3. The number of imidazole rings is 1. The number of aromatic amines is 1. The van der Waals surface area contributed by atoms with Crippen molar-refractivity contribution in [3.8, 4) is 16.9 Å². The number of para-hydroxylation sites is 1. The molecule has 3 rings (SSSR count). The van der Waals surface area contributed by atoms with Crippen molar-refractivity contribution in [2.75, 3.05) is 12.4 Å². The van der Waals surface area contributed by atoms with Crippen LogP contribution in [0.4, 0.5) is 5.82 Å². The highest BCUT2D eigenvalue weighted by Gasteiger charge is 2.20. The average Bonchev–Trinajstić information content (AvgIpc) is 3.13. The molecule has 3 aromatic rings. The highest BCUT2D eigenvalue weighted by Crippen LogP contribution is 2.36. The van der Waals surface area contributed by atoms with Crippen molar-refractivity contribution in [1.82, 2.24) is 19.7 Å². The number of carbonyl (C=O) groups excluding carboxylic acids is 1. The zero-order valence-electron chi connectivity index (χ0n) is 13.1. The second-order valence-corrected chi connectivity index (χ2v) is 5.09. The number of hydrogen-bond acceptors (Lipinski definition) is 4. The Morgan fingerprint density at radius 3 is 2.83 bits per heavy atom. The number of rotatable bonds is 4. The SMILES string of the molecule is COc1ccccc1-c1c(NC(=O)c2nccn2C)n[nH]c1C. The van der Waals surface area contributed by atoms with Crippen molar-refractivity contribution in [1.29, 1.82) is 0 Å². The molecule has 7 nitrogen and oxygen atoms in total. The fourth-order valence-corrected chi connectivity index (χ4v) is 2.45. The fourth-order valence-electron chi connectivity index (χ4n) is 2.45. The van der Waals surface area contributed by atoms with Gasteiger partial charge in [-0.2, -0.15) is 5.10 Å². The van der Waals surface area contributed by atoms with Gasteiger partial charge in [0.1, 0.15) is 5.75 Å². The molecule has 0 saturated heterocycles. The number of methoxy groups -OCH3 is 1. The molecule has 23 heavy (non-hydrogen) atoms. The summed E-state index contributed by atoms with van der Waals surface area (Å²) in [5, 5.41) is 9.91. The van der Waals surface area contributed by atoms with Crippen LogP contribution in [0, 0.1) is 6.92 Å². The molecule has 0 aliphatic carbocycles. The molecule has 0 unspecified atom stereocenters. The number of aryl methyl sites for hydroxylation is 2. The molecule has 2 N–H and O–H groups in total. The molecule has 0 spiro atoms. The van der Waals surface area contributed by atoms with E-state index < -0.39 is 0 Å². The normalized spacial score (nSPS) is 10.6. The summed E-state index contributed by atoms with van der Waals surface area (Å²) >= 11 is 0. The maximum absolute atomic E-state index is 12.4. The molecule has 0 aliphatic rings. The smallest absolute Gasteiger partial charge is 0.292 e. The van der Waals surface area contributed by atoms with Crippen LogP contribution in [-0.4, -0.2) is 32.8 Å². The molecule has 118 valence electrons. The molecule has 2 heterocycles. The van der Waals surface area contributed by atoms with E-state index in [4.69, 9.17) is 4.74 Å². The van der Waals surface area contributed by atoms with Gasteiger partial charge in [-0.1, -0.05) is 18.2 Å². The third-order valence-electron chi connectivity index (χ3n) is 3.58. The Bertz CT molecular complexity index is 850. The highest BCUT2D eigenvalue weighted by molar-refractivity contribution is 6.03. The quantitative estimate of drug-likeness (QED) is 0.774. The van der Waals surface area contributed by atoms with Gasteiger partial charge in [0.15, 0.2) is 11.6 Å². The van der Waals surface area contributed by atoms with E-state index in [0.717, 1.165) is 16.8 Å². The number of hydrogen-bond donors (Lipinski definition) is 2. The molecular formula is C16H17N5O2. The second-order valence-electron chi connectivity index (χ2n) is 5.09. The Balaban J connectivity index is 2.00. The van der Waals surface area contributed by atoms with E-state index in [1.54, 1.807) is 31.1 Å². The van der Waals surface area contributed by atoms with E-state index in [1.807, 2.05) is 31.2 Å². The standard InChI is InChI=1S/C16H17N5O2/c1-10-13(11-6-4-5-7-12(11)23-3)14(20-19-10)18-16(22)15-17-8-9-21(15)2/h4-9H,1-3H3,(H2,18,19,20,22). The van der Waals surface area contributed by atoms with E-state index in [9.17, 15) is 4.79 Å². The topological polar surface area (TPSA) is 84.8 Å². The minimum Gasteiger partial charge on any atom is -0.496 e. The number of carbonyl (C=O) groups is 1. The molecule has 0 atom stereocenters. The van der Waals surface area contributed by atoms with Crippen molar-refractivity contribution < 1.29 is 9.53 Å². The molecule has 7 heteroatoms. The predicted molar refractivity (Wildman–Crippen MR) is 86.5 cm³/mol. The van der Waals surface area contributed by atoms with E-state index in [2.05, 4.69) is 20.5 Å². The van der Waals surface area contributed by atoms with E-state index >= 15 is 0 Å². The second kappa shape index (κ2) is 5.96. The van der Waals surface area contributed by atoms with Crippen molar-refractivity contribution in [3.05, 3.63) is 48.2 Å². The van der Waals surface area contributed by atoms with Crippen LogP contribution in [0.1, 0.15) is 16.3 Å². The molecular weight excluding hydrogens is 294 g/mol. The molecule has 0 radical (unpaired) electrons. The number of benzene rings is 1. The predicted octanol–water partition coefficient (Wildman–Crippen LogP) is 2.38. The Labute approximate surface area is 133 Å². The Morgan fingerprint density at radius 2 is 2.13 bits per heavy atom. The first-order valence-electron chi connectivity index (χ1n) is 7.09. The summed E-state index contributed by atoms with van der Waals surface area (Å²) in [5.41, 5.74) is 2.49. The Morgan fingerprint density at radius 1 is 1.35 bits per heavy atom. The lowest BCUT2D eigenvalue weighted by atomic mass is 10.0. The first kappa shape index (κ1) is 14.8. The third-order valence-corrected chi connectivity index (χ3v) is 3.58. The van der Waals surface area contributed by atoms with Crippen LogP contribution >= 0.6 is 0 Å². The monoisotopic (exact) mass is 311 g/mol. The van der Waals surface area contributed by atoms with Gasteiger partial charge in [0.25, 0.3) is 5.91 Å². The number of amides is 1. The van der Waals surface area contributed by atoms with Gasteiger partial charge in [-0.3, -0.25) is 9.89 Å². The summed E-state index contributed by atoms with van der Waals surface area (Å²) in [5.74, 6) is 1.15. The van der Waals surface area contributed by atoms with Crippen LogP contribution < -0.4 is 10.1 Å². The number of aromatic nitrogens is 4. The van der Waals surface area contributed by atoms with E-state index in [1.165, 1.54) is 0 Å². The van der Waals surface area contributed by atoms with Gasteiger partial charge in [0.2, 0.25) is 0 Å². The largest absolute Gasteiger partial charge is 0.496 e. The summed E-state index contributed by atoms with van der Waals surface area (Å²) in [6, 6.07) is 7.60. The highest BCUT2D eigenvalue weighted by atomic mass is 16.5. The maximum atomic E-state index is 12.4. The molecule has 2 aromatic heterocycles. The van der Waals surface area contributed by atoms with Crippen LogP contribution in [0.15, 0.2) is 36.7 Å². The minimum atomic E-state index is -0.319. The number of ether oxygens (including phenoxy) is 1. The summed E-state index contributed by atoms with van der Waals surface area (Å²) in [4.78, 5) is 16.4. The number of H-pyrrole nitrogens is 1. The fraction of sp³-hybridized carbons (Fsp3) is 0.188. The summed E-state index contributed by atoms with van der Waals surface area (Å²) in [6.07, 6.45) is 3.29. The Kier molecular flexibility index (Phi) is 3.84. The van der Waals surface area contributed by atoms with Crippen molar-refractivity contribution in [3.63, 3.8) is 0 Å². The number of nitrogens with one attached hydrogen (secondary N) is 2. The van der Waals surface area contributed by atoms with Crippen molar-refractivity contribution >= 4 is 11.7 Å². The van der Waals surface area contributed by atoms with Gasteiger partial charge in [0.05, 0.1) is 12.7 Å². The number of anilines is 1.